The monoisotopic (exact) mass is 339 g/mol. The number of halogens is 1. The molecule has 0 radical (unpaired) electrons. The van der Waals surface area contributed by atoms with Crippen molar-refractivity contribution in [3.05, 3.63) is 58.1 Å². The molecule has 0 amide bonds. The average molecular weight is 340 g/mol. The topological polar surface area (TPSA) is 60.2 Å². The van der Waals surface area contributed by atoms with E-state index >= 15 is 0 Å². The van der Waals surface area contributed by atoms with Gasteiger partial charge in [-0.1, -0.05) is 28.1 Å². The van der Waals surface area contributed by atoms with E-state index in [1.165, 1.54) is 0 Å². The van der Waals surface area contributed by atoms with Crippen molar-refractivity contribution in [3.8, 4) is 0 Å². The second-order valence-corrected chi connectivity index (χ2v) is 7.28. The van der Waals surface area contributed by atoms with E-state index in [1.54, 1.807) is 37.3 Å². The van der Waals surface area contributed by atoms with E-state index < -0.39 is 9.84 Å². The summed E-state index contributed by atoms with van der Waals surface area (Å²) in [6.45, 7) is 1.75. The van der Waals surface area contributed by atoms with Gasteiger partial charge in [0.15, 0.2) is 9.84 Å². The van der Waals surface area contributed by atoms with Crippen molar-refractivity contribution in [1.82, 2.24) is 0 Å². The minimum Gasteiger partial charge on any atom is -0.399 e. The quantitative estimate of drug-likeness (QED) is 0.872. The smallest absolute Gasteiger partial charge is 0.182 e. The highest BCUT2D eigenvalue weighted by Gasteiger charge is 2.17. The molecule has 0 atom stereocenters. The Morgan fingerprint density at radius 2 is 1.74 bits per heavy atom. The molecule has 0 saturated heterocycles. The third-order valence-electron chi connectivity index (χ3n) is 2.80. The van der Waals surface area contributed by atoms with E-state index in [2.05, 4.69) is 15.9 Å². The maximum Gasteiger partial charge on any atom is 0.182 e. The fourth-order valence-electron chi connectivity index (χ4n) is 1.90. The van der Waals surface area contributed by atoms with Crippen molar-refractivity contribution in [2.75, 3.05) is 5.73 Å². The molecule has 0 aliphatic rings. The van der Waals surface area contributed by atoms with Gasteiger partial charge < -0.3 is 5.73 Å². The van der Waals surface area contributed by atoms with Gasteiger partial charge in [-0.25, -0.2) is 8.42 Å². The summed E-state index contributed by atoms with van der Waals surface area (Å²) in [6, 6.07) is 12.1. The third-order valence-corrected chi connectivity index (χ3v) is 5.17. The molecule has 0 bridgehead atoms. The van der Waals surface area contributed by atoms with E-state index in [4.69, 9.17) is 5.73 Å². The van der Waals surface area contributed by atoms with Crippen molar-refractivity contribution in [2.45, 2.75) is 17.6 Å². The van der Waals surface area contributed by atoms with Crippen molar-refractivity contribution < 1.29 is 8.42 Å². The van der Waals surface area contributed by atoms with Crippen LogP contribution in [0.2, 0.25) is 0 Å². The van der Waals surface area contributed by atoms with E-state index in [-0.39, 0.29) is 5.75 Å². The fraction of sp³-hybridized carbons (Fsp3) is 0.143. The minimum absolute atomic E-state index is 0.00889. The maximum absolute atomic E-state index is 12.4. The number of nitrogen functional groups attached to an aromatic ring is 1. The van der Waals surface area contributed by atoms with E-state index in [0.717, 1.165) is 10.0 Å². The summed E-state index contributed by atoms with van der Waals surface area (Å²) >= 11 is 3.33. The molecule has 2 rings (SSSR count). The van der Waals surface area contributed by atoms with Gasteiger partial charge >= 0.3 is 0 Å². The molecule has 100 valence electrons. The summed E-state index contributed by atoms with van der Waals surface area (Å²) in [5.74, 6) is -0.00889. The van der Waals surface area contributed by atoms with Gasteiger partial charge in [0, 0.05) is 10.2 Å². The Morgan fingerprint density at radius 3 is 2.32 bits per heavy atom. The van der Waals surface area contributed by atoms with E-state index in [1.807, 2.05) is 12.1 Å². The summed E-state index contributed by atoms with van der Waals surface area (Å²) < 4.78 is 25.7. The fourth-order valence-corrected chi connectivity index (χ4v) is 3.78. The Balaban J connectivity index is 2.35. The first-order chi connectivity index (χ1) is 8.88. The molecule has 0 unspecified atom stereocenters. The molecule has 0 aliphatic carbocycles. The molecule has 5 heteroatoms. The lowest BCUT2D eigenvalue weighted by Gasteiger charge is -2.08. The first kappa shape index (κ1) is 14.1. The summed E-state index contributed by atoms with van der Waals surface area (Å²) in [5, 5.41) is 0. The Hall–Kier alpha value is -1.33. The number of rotatable bonds is 3. The Bertz CT molecular complexity index is 694. The van der Waals surface area contributed by atoms with E-state index in [0.29, 0.717) is 16.1 Å². The molecule has 0 heterocycles. The van der Waals surface area contributed by atoms with Crippen LogP contribution in [0.4, 0.5) is 5.69 Å². The normalized spacial score (nSPS) is 11.5. The molecular weight excluding hydrogens is 326 g/mol. The molecule has 2 N–H and O–H groups in total. The first-order valence-electron chi connectivity index (χ1n) is 5.72. The molecular formula is C14H14BrNO2S. The number of sulfone groups is 1. The van der Waals surface area contributed by atoms with Gasteiger partial charge in [0.05, 0.1) is 10.6 Å². The maximum atomic E-state index is 12.4. The van der Waals surface area contributed by atoms with Gasteiger partial charge in [-0.15, -0.1) is 0 Å². The highest BCUT2D eigenvalue weighted by atomic mass is 79.9. The zero-order valence-electron chi connectivity index (χ0n) is 10.4. The predicted molar refractivity (Wildman–Crippen MR) is 80.6 cm³/mol. The molecule has 19 heavy (non-hydrogen) atoms. The summed E-state index contributed by atoms with van der Waals surface area (Å²) in [7, 11) is -3.34. The SMILES string of the molecule is Cc1cc(N)ccc1S(=O)(=O)Cc1ccc(Br)cc1. The van der Waals surface area contributed by atoms with Crippen LogP contribution in [0.5, 0.6) is 0 Å². The van der Waals surface area contributed by atoms with Crippen LogP contribution in [-0.4, -0.2) is 8.42 Å². The van der Waals surface area contributed by atoms with E-state index in [9.17, 15) is 8.42 Å². The largest absolute Gasteiger partial charge is 0.399 e. The molecule has 2 aromatic carbocycles. The predicted octanol–water partition coefficient (Wildman–Crippen LogP) is 3.31. The Morgan fingerprint density at radius 1 is 1.11 bits per heavy atom. The Kier molecular flexibility index (Phi) is 3.96. The first-order valence-corrected chi connectivity index (χ1v) is 8.16. The Labute approximate surface area is 121 Å². The number of aryl methyl sites for hydroxylation is 1. The van der Waals surface area contributed by atoms with Gasteiger partial charge in [-0.2, -0.15) is 0 Å². The van der Waals surface area contributed by atoms with Gasteiger partial charge in [0.2, 0.25) is 0 Å². The highest BCUT2D eigenvalue weighted by molar-refractivity contribution is 9.10. The second kappa shape index (κ2) is 5.35. The number of anilines is 1. The van der Waals surface area contributed by atoms with Crippen molar-refractivity contribution in [1.29, 1.82) is 0 Å². The zero-order valence-corrected chi connectivity index (χ0v) is 12.8. The molecule has 0 aromatic heterocycles. The number of nitrogens with two attached hydrogens (primary N) is 1. The standard InChI is InChI=1S/C14H14BrNO2S/c1-10-8-13(16)6-7-14(10)19(17,18)9-11-2-4-12(15)5-3-11/h2-8H,9,16H2,1H3. The summed E-state index contributed by atoms with van der Waals surface area (Å²) in [6.07, 6.45) is 0. The molecule has 0 spiro atoms. The van der Waals surface area contributed by atoms with Crippen molar-refractivity contribution in [2.24, 2.45) is 0 Å². The zero-order chi connectivity index (χ0) is 14.0. The van der Waals surface area contributed by atoms with Crippen molar-refractivity contribution in [3.63, 3.8) is 0 Å². The number of hydrogen-bond acceptors (Lipinski definition) is 3. The van der Waals surface area contributed by atoms with Gasteiger partial charge in [-0.3, -0.25) is 0 Å². The van der Waals surface area contributed by atoms with Crippen LogP contribution in [0.25, 0.3) is 0 Å². The van der Waals surface area contributed by atoms with Crippen LogP contribution < -0.4 is 5.73 Å². The molecule has 0 saturated carbocycles. The third kappa shape index (κ3) is 3.36. The minimum atomic E-state index is -3.34. The van der Waals surface area contributed by atoms with Crippen LogP contribution in [0.1, 0.15) is 11.1 Å². The lowest BCUT2D eigenvalue weighted by atomic mass is 10.2. The lowest BCUT2D eigenvalue weighted by molar-refractivity contribution is 0.594. The molecule has 0 fully saturated rings. The van der Waals surface area contributed by atoms with Gasteiger partial charge in [0.1, 0.15) is 0 Å². The van der Waals surface area contributed by atoms with Gasteiger partial charge in [0.25, 0.3) is 0 Å². The molecule has 3 nitrogen and oxygen atoms in total. The van der Waals surface area contributed by atoms with Crippen LogP contribution >= 0.6 is 15.9 Å². The van der Waals surface area contributed by atoms with Crippen LogP contribution in [0.15, 0.2) is 51.8 Å². The molecule has 2 aromatic rings. The van der Waals surface area contributed by atoms with Crippen LogP contribution in [0, 0.1) is 6.92 Å². The summed E-state index contributed by atoms with van der Waals surface area (Å²) in [4.78, 5) is 0.338. The number of benzene rings is 2. The lowest BCUT2D eigenvalue weighted by Crippen LogP contribution is -2.07. The second-order valence-electron chi connectivity index (χ2n) is 4.41. The van der Waals surface area contributed by atoms with Crippen LogP contribution in [0.3, 0.4) is 0 Å². The molecule has 0 aliphatic heterocycles. The van der Waals surface area contributed by atoms with Crippen molar-refractivity contribution >= 4 is 31.5 Å². The van der Waals surface area contributed by atoms with Crippen LogP contribution in [-0.2, 0) is 15.6 Å². The van der Waals surface area contributed by atoms with Gasteiger partial charge in [-0.05, 0) is 48.4 Å². The summed E-state index contributed by atoms with van der Waals surface area (Å²) in [5.41, 5.74) is 7.65. The highest BCUT2D eigenvalue weighted by Crippen LogP contribution is 2.22. The average Bonchev–Trinajstić information content (AvgIpc) is 2.31. The number of hydrogen-bond donors (Lipinski definition) is 1.